The first-order chi connectivity index (χ1) is 13.8. The molecule has 0 aromatic heterocycles. The van der Waals surface area contributed by atoms with Crippen molar-refractivity contribution in [3.05, 3.63) is 33.9 Å². The largest absolute Gasteiger partial charge is 0.452 e. The Balaban J connectivity index is 1.65. The molecule has 8 nitrogen and oxygen atoms in total. The van der Waals surface area contributed by atoms with Gasteiger partial charge in [0.15, 0.2) is 6.61 Å². The van der Waals surface area contributed by atoms with Crippen molar-refractivity contribution in [3.8, 4) is 0 Å². The van der Waals surface area contributed by atoms with Gasteiger partial charge in [0.2, 0.25) is 0 Å². The number of carbonyl (C=O) groups is 2. The van der Waals surface area contributed by atoms with Gasteiger partial charge in [0.1, 0.15) is 5.69 Å². The maximum absolute atomic E-state index is 12.4. The van der Waals surface area contributed by atoms with Gasteiger partial charge in [-0.3, -0.25) is 14.9 Å². The van der Waals surface area contributed by atoms with Crippen molar-refractivity contribution in [1.82, 2.24) is 4.90 Å². The van der Waals surface area contributed by atoms with Crippen molar-refractivity contribution < 1.29 is 19.2 Å². The van der Waals surface area contributed by atoms with E-state index >= 15 is 0 Å². The summed E-state index contributed by atoms with van der Waals surface area (Å²) in [6, 6.07) is 4.40. The van der Waals surface area contributed by atoms with Crippen molar-refractivity contribution in [2.45, 2.75) is 39.5 Å². The van der Waals surface area contributed by atoms with E-state index in [9.17, 15) is 19.7 Å². The average molecular weight is 403 g/mol. The summed E-state index contributed by atoms with van der Waals surface area (Å²) in [5.41, 5.74) is 0.510. The quantitative estimate of drug-likeness (QED) is 0.426. The third-order valence-electron chi connectivity index (χ3n) is 5.65. The number of amides is 1. The first-order valence-corrected chi connectivity index (χ1v) is 10.3. The normalized spacial score (nSPS) is 22.3. The highest BCUT2D eigenvalue weighted by Crippen LogP contribution is 2.31. The van der Waals surface area contributed by atoms with Crippen molar-refractivity contribution in [1.29, 1.82) is 0 Å². The number of carbonyl (C=O) groups excluding carboxylic acids is 2. The number of esters is 1. The molecule has 0 bridgehead atoms. The zero-order valence-corrected chi connectivity index (χ0v) is 17.1. The number of piperidine rings is 2. The van der Waals surface area contributed by atoms with Crippen LogP contribution in [-0.2, 0) is 9.53 Å². The van der Waals surface area contributed by atoms with Gasteiger partial charge in [-0.2, -0.15) is 0 Å². The molecule has 0 N–H and O–H groups in total. The van der Waals surface area contributed by atoms with E-state index in [4.69, 9.17) is 4.74 Å². The van der Waals surface area contributed by atoms with Crippen molar-refractivity contribution in [3.63, 3.8) is 0 Å². The van der Waals surface area contributed by atoms with Crippen LogP contribution in [0.15, 0.2) is 18.2 Å². The van der Waals surface area contributed by atoms with Crippen molar-refractivity contribution >= 4 is 23.3 Å². The summed E-state index contributed by atoms with van der Waals surface area (Å²) in [6.45, 7) is 6.72. The van der Waals surface area contributed by atoms with Crippen molar-refractivity contribution in [2.24, 2.45) is 11.8 Å². The number of nitro groups is 1. The van der Waals surface area contributed by atoms with Crippen LogP contribution in [0.1, 0.15) is 49.9 Å². The Hall–Kier alpha value is -2.64. The number of anilines is 1. The Labute approximate surface area is 171 Å². The third-order valence-corrected chi connectivity index (χ3v) is 5.65. The van der Waals surface area contributed by atoms with Gasteiger partial charge in [0, 0.05) is 32.2 Å². The molecule has 158 valence electrons. The molecule has 2 fully saturated rings. The van der Waals surface area contributed by atoms with Crippen molar-refractivity contribution in [2.75, 3.05) is 37.7 Å². The SMILES string of the molecule is C[C@@H]1C[C@H](C)CN(C(=O)COC(=O)c2ccc(N3CCCCC3)c([N+](=O)[O-])c2)C1. The molecule has 1 amide bonds. The Morgan fingerprint density at radius 1 is 1.14 bits per heavy atom. The van der Waals surface area contributed by atoms with Crippen LogP contribution in [-0.4, -0.2) is 54.5 Å². The minimum absolute atomic E-state index is 0.0886. The van der Waals surface area contributed by atoms with E-state index in [0.717, 1.165) is 38.8 Å². The predicted molar refractivity (Wildman–Crippen MR) is 109 cm³/mol. The number of likely N-dealkylation sites (tertiary alicyclic amines) is 1. The van der Waals surface area contributed by atoms with Crippen LogP contribution in [0.2, 0.25) is 0 Å². The number of hydrogen-bond acceptors (Lipinski definition) is 6. The van der Waals surface area contributed by atoms with Gasteiger partial charge < -0.3 is 14.5 Å². The topological polar surface area (TPSA) is 93.0 Å². The molecular weight excluding hydrogens is 374 g/mol. The number of nitrogens with zero attached hydrogens (tertiary/aromatic N) is 3. The summed E-state index contributed by atoms with van der Waals surface area (Å²) in [7, 11) is 0. The highest BCUT2D eigenvalue weighted by molar-refractivity contribution is 5.93. The number of rotatable bonds is 5. The molecule has 0 radical (unpaired) electrons. The van der Waals surface area contributed by atoms with Crippen LogP contribution in [0.3, 0.4) is 0 Å². The maximum atomic E-state index is 12.4. The second-order valence-electron chi connectivity index (χ2n) is 8.33. The van der Waals surface area contributed by atoms with E-state index in [1.165, 1.54) is 12.1 Å². The van der Waals surface area contributed by atoms with E-state index < -0.39 is 10.9 Å². The van der Waals surface area contributed by atoms with Gasteiger partial charge in [0.25, 0.3) is 11.6 Å². The second-order valence-corrected chi connectivity index (χ2v) is 8.33. The van der Waals surface area contributed by atoms with E-state index in [1.54, 1.807) is 11.0 Å². The van der Waals surface area contributed by atoms with Crippen LogP contribution in [0.5, 0.6) is 0 Å². The summed E-state index contributed by atoms with van der Waals surface area (Å²) in [5.74, 6) is -0.104. The molecule has 2 saturated heterocycles. The summed E-state index contributed by atoms with van der Waals surface area (Å²) in [6.07, 6.45) is 4.20. The van der Waals surface area contributed by atoms with Gasteiger partial charge in [-0.05, 0) is 49.7 Å². The molecule has 29 heavy (non-hydrogen) atoms. The Bertz CT molecular complexity index is 766. The van der Waals surface area contributed by atoms with E-state index in [1.807, 2.05) is 4.90 Å². The average Bonchev–Trinajstić information content (AvgIpc) is 2.71. The van der Waals surface area contributed by atoms with Gasteiger partial charge >= 0.3 is 5.97 Å². The van der Waals surface area contributed by atoms with Gasteiger partial charge in [-0.1, -0.05) is 13.8 Å². The Morgan fingerprint density at radius 3 is 2.41 bits per heavy atom. The number of nitro benzene ring substituents is 1. The fraction of sp³-hybridized carbons (Fsp3) is 0.619. The second kappa shape index (κ2) is 9.24. The molecular formula is C21H29N3O5. The monoisotopic (exact) mass is 403 g/mol. The molecule has 0 aliphatic carbocycles. The lowest BCUT2D eigenvalue weighted by molar-refractivity contribution is -0.384. The molecule has 2 atom stereocenters. The highest BCUT2D eigenvalue weighted by Gasteiger charge is 2.27. The zero-order valence-electron chi connectivity index (χ0n) is 17.1. The van der Waals surface area contributed by atoms with E-state index in [2.05, 4.69) is 13.8 Å². The molecule has 1 aromatic rings. The van der Waals surface area contributed by atoms with E-state index in [-0.39, 0.29) is 23.8 Å². The molecule has 0 unspecified atom stereocenters. The lowest BCUT2D eigenvalue weighted by atomic mass is 9.92. The van der Waals surface area contributed by atoms with Crippen LogP contribution in [0.4, 0.5) is 11.4 Å². The standard InChI is InChI=1S/C21H29N3O5/c1-15-10-16(2)13-23(12-15)20(25)14-29-21(26)17-6-7-18(19(11-17)24(27)28)22-8-4-3-5-9-22/h6-7,11,15-16H,3-5,8-10,12-14H2,1-2H3/t15-,16+. The summed E-state index contributed by atoms with van der Waals surface area (Å²) < 4.78 is 5.17. The van der Waals surface area contributed by atoms with Gasteiger partial charge in [-0.15, -0.1) is 0 Å². The Morgan fingerprint density at radius 2 is 1.79 bits per heavy atom. The summed E-state index contributed by atoms with van der Waals surface area (Å²) in [5, 5.41) is 11.5. The summed E-state index contributed by atoms with van der Waals surface area (Å²) in [4.78, 5) is 39.6. The van der Waals surface area contributed by atoms with Gasteiger partial charge in [-0.25, -0.2) is 4.79 Å². The highest BCUT2D eigenvalue weighted by atomic mass is 16.6. The first kappa shape index (κ1) is 21.1. The minimum atomic E-state index is -0.718. The lowest BCUT2D eigenvalue weighted by Gasteiger charge is -2.34. The Kier molecular flexibility index (Phi) is 6.71. The fourth-order valence-corrected chi connectivity index (χ4v) is 4.37. The van der Waals surface area contributed by atoms with Crippen LogP contribution < -0.4 is 4.90 Å². The minimum Gasteiger partial charge on any atom is -0.452 e. The molecule has 0 saturated carbocycles. The summed E-state index contributed by atoms with van der Waals surface area (Å²) >= 11 is 0. The predicted octanol–water partition coefficient (Wildman–Crippen LogP) is 3.25. The van der Waals surface area contributed by atoms with Crippen LogP contribution in [0.25, 0.3) is 0 Å². The zero-order chi connectivity index (χ0) is 21.0. The van der Waals surface area contributed by atoms with E-state index in [0.29, 0.717) is 30.6 Å². The molecule has 8 heteroatoms. The molecule has 2 aliphatic heterocycles. The maximum Gasteiger partial charge on any atom is 0.338 e. The molecule has 2 heterocycles. The smallest absolute Gasteiger partial charge is 0.338 e. The number of hydrogen-bond donors (Lipinski definition) is 0. The van der Waals surface area contributed by atoms with Gasteiger partial charge in [0.05, 0.1) is 10.5 Å². The third kappa shape index (κ3) is 5.25. The number of ether oxygens (including phenoxy) is 1. The first-order valence-electron chi connectivity index (χ1n) is 10.3. The molecule has 3 rings (SSSR count). The number of benzene rings is 1. The van der Waals surface area contributed by atoms with Crippen LogP contribution in [0, 0.1) is 22.0 Å². The molecule has 1 aromatic carbocycles. The lowest BCUT2D eigenvalue weighted by Crippen LogP contribution is -2.44. The fourth-order valence-electron chi connectivity index (χ4n) is 4.37. The molecule has 2 aliphatic rings. The molecule has 0 spiro atoms. The van der Waals surface area contributed by atoms with Crippen LogP contribution >= 0.6 is 0 Å².